The Morgan fingerprint density at radius 3 is 1.35 bits per heavy atom. The third kappa shape index (κ3) is 14.9. The lowest BCUT2D eigenvalue weighted by Crippen LogP contribution is -2.57. The molecule has 0 saturated carbocycles. The summed E-state index contributed by atoms with van der Waals surface area (Å²) >= 11 is 13.3. The molecule has 85 heavy (non-hydrogen) atoms. The number of nitrogens with one attached hydrogen (secondary N) is 2. The predicted octanol–water partition coefficient (Wildman–Crippen LogP) is 5.03. The first-order valence-corrected chi connectivity index (χ1v) is 29.4. The summed E-state index contributed by atoms with van der Waals surface area (Å²) in [5, 5.41) is 5.54. The van der Waals surface area contributed by atoms with Gasteiger partial charge in [-0.15, -0.1) is 0 Å². The van der Waals surface area contributed by atoms with Gasteiger partial charge in [-0.05, 0) is 75.2 Å². The minimum absolute atomic E-state index is 0.128. The summed E-state index contributed by atoms with van der Waals surface area (Å²) in [5.41, 5.74) is 4.24. The van der Waals surface area contributed by atoms with Gasteiger partial charge in [-0.2, -0.15) is 0 Å². The number of fused-ring (bicyclic) bond motifs is 2. The molecule has 2 unspecified atom stereocenters. The Hall–Kier alpha value is -8.59. The van der Waals surface area contributed by atoms with Crippen LogP contribution in [0.3, 0.4) is 0 Å². The van der Waals surface area contributed by atoms with Crippen molar-refractivity contribution in [3.8, 4) is 0 Å². The Labute approximate surface area is 508 Å². The van der Waals surface area contributed by atoms with Gasteiger partial charge in [0.05, 0.1) is 60.1 Å². The van der Waals surface area contributed by atoms with Crippen LogP contribution in [0.1, 0.15) is 60.1 Å². The van der Waals surface area contributed by atoms with Crippen LogP contribution in [0, 0.1) is 13.8 Å². The van der Waals surface area contributed by atoms with Crippen molar-refractivity contribution in [3.05, 3.63) is 161 Å². The van der Waals surface area contributed by atoms with Crippen LogP contribution < -0.4 is 31.6 Å². The highest BCUT2D eigenvalue weighted by atomic mass is 32.2. The average Bonchev–Trinajstić information content (AvgIpc) is 2.75. The first-order valence-electron chi connectivity index (χ1n) is 27.0. The molecular formula is C59H61N11O11S4. The second-order valence-corrected chi connectivity index (χ2v) is 23.1. The Morgan fingerprint density at radius 1 is 0.624 bits per heavy atom. The zero-order valence-electron chi connectivity index (χ0n) is 47.3. The fourth-order valence-electron chi connectivity index (χ4n) is 9.26. The standard InChI is InChI=1S/2C28H27N5O5S2.C3H7NO/c2*1-3-38-23(34)15-20-25(35)29-11-13-31(20)24-19(26(36)32-12-5-4-6-22(32)30-24)14-21-27(37)33(28(39)40-21)16-18-9-7-17(2)8-10-18;1-4(2)3-5/h2*4-10,12,14,20H,3,11,13,15-16H2,1-2H3,(H,29,35);3H,1-2H3/b2*21-14-;. The average molecular weight is 1230 g/mol. The number of carbonyl (C=O) groups excluding carboxylic acids is 7. The lowest BCUT2D eigenvalue weighted by molar-refractivity contribution is -0.145. The van der Waals surface area contributed by atoms with Crippen molar-refractivity contribution >= 4 is 134 Å². The summed E-state index contributed by atoms with van der Waals surface area (Å²) in [5.74, 6) is -2.03. The van der Waals surface area contributed by atoms with E-state index in [0.717, 1.165) is 52.2 Å². The summed E-state index contributed by atoms with van der Waals surface area (Å²) in [7, 11) is 3.38. The molecule has 2 aromatic carbocycles. The van der Waals surface area contributed by atoms with E-state index in [0.29, 0.717) is 59.2 Å². The maximum atomic E-state index is 13.8. The number of ether oxygens (including phenoxy) is 2. The third-order valence-corrected chi connectivity index (χ3v) is 16.2. The van der Waals surface area contributed by atoms with Crippen LogP contribution in [0.4, 0.5) is 11.6 Å². The van der Waals surface area contributed by atoms with Crippen LogP contribution in [-0.4, -0.2) is 150 Å². The van der Waals surface area contributed by atoms with Crippen molar-refractivity contribution in [2.24, 2.45) is 0 Å². The number of amides is 5. The maximum absolute atomic E-state index is 13.8. The quantitative estimate of drug-likeness (QED) is 0.0592. The zero-order chi connectivity index (χ0) is 61.1. The van der Waals surface area contributed by atoms with Gasteiger partial charge in [0.2, 0.25) is 18.2 Å². The molecule has 10 rings (SSSR count). The summed E-state index contributed by atoms with van der Waals surface area (Å²) in [4.78, 5) is 132. The zero-order valence-corrected chi connectivity index (χ0v) is 50.6. The van der Waals surface area contributed by atoms with Crippen molar-refractivity contribution in [2.45, 2.75) is 65.7 Å². The number of esters is 2. The first kappa shape index (κ1) is 62.5. The van der Waals surface area contributed by atoms with E-state index in [1.54, 1.807) is 86.5 Å². The monoisotopic (exact) mass is 1230 g/mol. The van der Waals surface area contributed by atoms with E-state index in [9.17, 15) is 43.2 Å². The number of piperazine rings is 2. The molecule has 4 fully saturated rings. The van der Waals surface area contributed by atoms with Gasteiger partial charge >= 0.3 is 11.9 Å². The Bertz CT molecular complexity index is 3560. The number of thioether (sulfide) groups is 2. The summed E-state index contributed by atoms with van der Waals surface area (Å²) < 4.78 is 13.7. The smallest absolute Gasteiger partial charge is 0.308 e. The lowest BCUT2D eigenvalue weighted by atomic mass is 10.1. The number of aryl methyl sites for hydroxylation is 2. The molecule has 0 aliphatic carbocycles. The number of nitrogens with zero attached hydrogens (tertiary/aromatic N) is 9. The van der Waals surface area contributed by atoms with Crippen LogP contribution >= 0.6 is 48.0 Å². The molecule has 0 bridgehead atoms. The summed E-state index contributed by atoms with van der Waals surface area (Å²) in [6.07, 6.45) is 6.49. The maximum Gasteiger partial charge on any atom is 0.308 e. The molecule has 2 N–H and O–H groups in total. The number of hydrogen-bond acceptors (Lipinski definition) is 19. The second-order valence-electron chi connectivity index (χ2n) is 19.8. The molecule has 4 aromatic heterocycles. The largest absolute Gasteiger partial charge is 0.466 e. The highest BCUT2D eigenvalue weighted by molar-refractivity contribution is 8.27. The van der Waals surface area contributed by atoms with Crippen molar-refractivity contribution in [2.75, 3.05) is 63.3 Å². The lowest BCUT2D eigenvalue weighted by Gasteiger charge is -2.36. The minimum Gasteiger partial charge on any atom is -0.466 e. The van der Waals surface area contributed by atoms with Crippen LogP contribution in [0.15, 0.2) is 117 Å². The fraction of sp³-hybridized carbons (Fsp3) is 0.305. The van der Waals surface area contributed by atoms with Gasteiger partial charge in [-0.1, -0.05) is 120 Å². The van der Waals surface area contributed by atoms with E-state index in [4.69, 9.17) is 43.9 Å². The summed E-state index contributed by atoms with van der Waals surface area (Å²) in [6.45, 7) is 9.53. The molecule has 26 heteroatoms. The van der Waals surface area contributed by atoms with Gasteiger partial charge in [0, 0.05) is 52.7 Å². The topological polar surface area (TPSA) is 247 Å². The number of carbonyl (C=O) groups is 7. The van der Waals surface area contributed by atoms with E-state index in [2.05, 4.69) is 10.6 Å². The molecule has 4 aliphatic heterocycles. The first-order chi connectivity index (χ1) is 40.8. The molecule has 442 valence electrons. The van der Waals surface area contributed by atoms with Gasteiger partial charge in [-0.3, -0.25) is 61.8 Å². The van der Waals surface area contributed by atoms with Gasteiger partial charge in [0.25, 0.3) is 22.9 Å². The molecule has 8 heterocycles. The van der Waals surface area contributed by atoms with E-state index >= 15 is 0 Å². The third-order valence-electron chi connectivity index (χ3n) is 13.5. The second kappa shape index (κ2) is 28.3. The highest BCUT2D eigenvalue weighted by Crippen LogP contribution is 2.37. The van der Waals surface area contributed by atoms with Crippen molar-refractivity contribution in [1.29, 1.82) is 0 Å². The SMILES string of the molecule is CCOC(=O)CC1C(=O)NCCN1c1nc2ccccn2c(=O)c1/C=C1\SC(=S)N(Cc2ccc(C)cc2)C1=O.CCOC(=O)CC1C(=O)NCCN1c1nc2ccccn2c(=O)c1/C=C1\SC(=S)N(Cc2ccc(C)cc2)C1=O.CN(C)C=O. The van der Waals surface area contributed by atoms with E-state index < -0.39 is 35.1 Å². The van der Waals surface area contributed by atoms with Gasteiger partial charge in [0.15, 0.2) is 0 Å². The van der Waals surface area contributed by atoms with Gasteiger partial charge in [0.1, 0.15) is 43.7 Å². The van der Waals surface area contributed by atoms with E-state index in [-0.39, 0.29) is 82.3 Å². The van der Waals surface area contributed by atoms with Crippen LogP contribution in [0.5, 0.6) is 0 Å². The van der Waals surface area contributed by atoms with Crippen LogP contribution in [0.25, 0.3) is 23.4 Å². The van der Waals surface area contributed by atoms with E-state index in [1.807, 2.05) is 62.4 Å². The minimum atomic E-state index is -0.936. The van der Waals surface area contributed by atoms with E-state index in [1.165, 1.54) is 35.7 Å². The highest BCUT2D eigenvalue weighted by Gasteiger charge is 2.39. The molecular weight excluding hydrogens is 1170 g/mol. The molecule has 2 atom stereocenters. The number of benzene rings is 2. The Morgan fingerprint density at radius 2 is 1.00 bits per heavy atom. The Kier molecular flexibility index (Phi) is 20.8. The number of anilines is 2. The van der Waals surface area contributed by atoms with Crippen molar-refractivity contribution in [1.82, 2.24) is 44.1 Å². The number of rotatable bonds is 15. The number of hydrogen-bond donors (Lipinski definition) is 2. The van der Waals surface area contributed by atoms with Crippen LogP contribution in [-0.2, 0) is 56.1 Å². The van der Waals surface area contributed by atoms with Crippen molar-refractivity contribution < 1.29 is 43.0 Å². The van der Waals surface area contributed by atoms with Crippen molar-refractivity contribution in [3.63, 3.8) is 0 Å². The Balaban J connectivity index is 0.000000205. The number of aromatic nitrogens is 4. The molecule has 4 saturated heterocycles. The molecule has 0 radical (unpaired) electrons. The number of pyridine rings is 2. The molecule has 5 amide bonds. The molecule has 6 aromatic rings. The normalized spacial score (nSPS) is 17.8. The fourth-order valence-corrected chi connectivity index (χ4v) is 11.7. The van der Waals surface area contributed by atoms with Gasteiger partial charge < -0.3 is 34.8 Å². The molecule has 22 nitrogen and oxygen atoms in total. The predicted molar refractivity (Wildman–Crippen MR) is 333 cm³/mol. The molecule has 4 aliphatic rings. The number of thiocarbonyl (C=S) groups is 2. The van der Waals surface area contributed by atoms with Gasteiger partial charge in [-0.25, -0.2) is 9.97 Å². The summed E-state index contributed by atoms with van der Waals surface area (Å²) in [6, 6.07) is 24.1. The van der Waals surface area contributed by atoms with Crippen LogP contribution in [0.2, 0.25) is 0 Å². The molecule has 0 spiro atoms.